The van der Waals surface area contributed by atoms with E-state index in [1.54, 1.807) is 36.8 Å². The maximum absolute atomic E-state index is 13.3. The predicted octanol–water partition coefficient (Wildman–Crippen LogP) is 1.09. The molecular weight excluding hydrogens is 412 g/mol. The number of ether oxygens (including phenoxy) is 1. The summed E-state index contributed by atoms with van der Waals surface area (Å²) < 4.78 is 6.15. The number of aliphatic hydroxyl groups excluding tert-OH is 2. The third-order valence-electron chi connectivity index (χ3n) is 5.27. The van der Waals surface area contributed by atoms with Crippen molar-refractivity contribution in [3.05, 3.63) is 23.4 Å². The number of nitrogens with zero attached hydrogens (tertiary/aromatic N) is 3. The second kappa shape index (κ2) is 11.7. The van der Waals surface area contributed by atoms with Crippen LogP contribution in [0, 0.1) is 17.8 Å². The minimum atomic E-state index is -0.811. The van der Waals surface area contributed by atoms with E-state index < -0.39 is 18.2 Å². The van der Waals surface area contributed by atoms with Gasteiger partial charge in [-0.3, -0.25) is 4.79 Å². The van der Waals surface area contributed by atoms with E-state index in [1.165, 1.54) is 6.20 Å². The van der Waals surface area contributed by atoms with Gasteiger partial charge in [0, 0.05) is 37.8 Å². The first kappa shape index (κ1) is 25.4. The van der Waals surface area contributed by atoms with Gasteiger partial charge in [0.1, 0.15) is 17.8 Å². The Bertz CT molecular complexity index is 864. The highest BCUT2D eigenvalue weighted by Gasteiger charge is 2.34. The monoisotopic (exact) mass is 446 g/mol. The maximum Gasteiger partial charge on any atom is 0.317 e. The standard InChI is InChI=1S/C23H34N4O5/c1-6-9-24-23(31)26(5)13-20-15(2)12-27(16(3)14-28)22(30)19-10-18(8-7-17(4)29)11-25-21(19)32-20/h10-11,15-17,20,28-29H,6,9,12-14H2,1-5H3,(H,24,31)/t15-,16-,17+,20-/m1/s1. The second-order valence-electron chi connectivity index (χ2n) is 8.26. The fraction of sp³-hybridized carbons (Fsp3) is 0.609. The molecule has 3 amide bonds. The molecule has 0 saturated carbocycles. The van der Waals surface area contributed by atoms with Crippen molar-refractivity contribution in [3.63, 3.8) is 0 Å². The van der Waals surface area contributed by atoms with E-state index >= 15 is 0 Å². The molecule has 0 radical (unpaired) electrons. The Morgan fingerprint density at radius 3 is 2.81 bits per heavy atom. The molecule has 0 spiro atoms. The normalized spacial score (nSPS) is 20.0. The third kappa shape index (κ3) is 6.58. The Kier molecular flexibility index (Phi) is 9.29. The molecule has 176 valence electrons. The van der Waals surface area contributed by atoms with Crippen LogP contribution in [-0.4, -0.2) is 88.5 Å². The zero-order valence-electron chi connectivity index (χ0n) is 19.5. The largest absolute Gasteiger partial charge is 0.472 e. The number of urea groups is 1. The van der Waals surface area contributed by atoms with Gasteiger partial charge in [-0.25, -0.2) is 9.78 Å². The van der Waals surface area contributed by atoms with Gasteiger partial charge in [0.05, 0.1) is 19.2 Å². The third-order valence-corrected chi connectivity index (χ3v) is 5.27. The molecule has 4 atom stereocenters. The maximum atomic E-state index is 13.3. The van der Waals surface area contributed by atoms with Gasteiger partial charge in [-0.2, -0.15) is 0 Å². The van der Waals surface area contributed by atoms with Crippen molar-refractivity contribution < 1.29 is 24.5 Å². The number of hydrogen-bond donors (Lipinski definition) is 3. The second-order valence-corrected chi connectivity index (χ2v) is 8.26. The van der Waals surface area contributed by atoms with E-state index in [9.17, 15) is 19.8 Å². The first-order chi connectivity index (χ1) is 15.2. The number of fused-ring (bicyclic) bond motifs is 1. The molecule has 0 unspecified atom stereocenters. The predicted molar refractivity (Wildman–Crippen MR) is 120 cm³/mol. The Labute approximate surface area is 189 Å². The summed E-state index contributed by atoms with van der Waals surface area (Å²) in [5.41, 5.74) is 0.706. The first-order valence-corrected chi connectivity index (χ1v) is 10.9. The van der Waals surface area contributed by atoms with Crippen LogP contribution < -0.4 is 10.1 Å². The van der Waals surface area contributed by atoms with Gasteiger partial charge >= 0.3 is 6.03 Å². The van der Waals surface area contributed by atoms with Crippen LogP contribution in [0.5, 0.6) is 5.88 Å². The van der Waals surface area contributed by atoms with E-state index in [2.05, 4.69) is 22.1 Å². The summed E-state index contributed by atoms with van der Waals surface area (Å²) in [5.74, 6) is 5.15. The number of pyridine rings is 1. The number of nitrogens with one attached hydrogen (secondary N) is 1. The molecule has 3 N–H and O–H groups in total. The van der Waals surface area contributed by atoms with Crippen LogP contribution >= 0.6 is 0 Å². The van der Waals surface area contributed by atoms with Crippen LogP contribution in [0.1, 0.15) is 50.0 Å². The van der Waals surface area contributed by atoms with Crippen LogP contribution in [0.4, 0.5) is 4.79 Å². The number of carbonyl (C=O) groups excluding carboxylic acids is 2. The highest BCUT2D eigenvalue weighted by molar-refractivity contribution is 5.97. The molecule has 9 nitrogen and oxygen atoms in total. The lowest BCUT2D eigenvalue weighted by atomic mass is 10.00. The van der Waals surface area contributed by atoms with Crippen molar-refractivity contribution in [2.45, 2.75) is 52.4 Å². The Balaban J connectivity index is 2.40. The topological polar surface area (TPSA) is 115 Å². The SMILES string of the molecule is CCCNC(=O)N(C)C[C@H]1Oc2ncc(C#C[C@H](C)O)cc2C(=O)N([C@H](C)CO)C[C@H]1C. The first-order valence-electron chi connectivity index (χ1n) is 10.9. The van der Waals surface area contributed by atoms with Gasteiger partial charge in [-0.05, 0) is 26.3 Å². The molecule has 0 bridgehead atoms. The summed E-state index contributed by atoms with van der Waals surface area (Å²) in [6, 6.07) is 0.981. The Morgan fingerprint density at radius 1 is 1.47 bits per heavy atom. The summed E-state index contributed by atoms with van der Waals surface area (Å²) in [6.45, 7) is 8.30. The molecule has 2 rings (SSSR count). The minimum absolute atomic E-state index is 0.126. The van der Waals surface area contributed by atoms with Gasteiger partial charge in [-0.1, -0.05) is 25.7 Å². The van der Waals surface area contributed by atoms with Gasteiger partial charge < -0.3 is 30.1 Å². The van der Waals surface area contributed by atoms with Crippen LogP contribution in [0.25, 0.3) is 0 Å². The zero-order valence-corrected chi connectivity index (χ0v) is 19.5. The van der Waals surface area contributed by atoms with Gasteiger partial charge in [0.2, 0.25) is 5.88 Å². The molecule has 1 aromatic rings. The van der Waals surface area contributed by atoms with Gasteiger partial charge in [0.15, 0.2) is 0 Å². The molecular formula is C23H34N4O5. The molecule has 0 saturated heterocycles. The highest BCUT2D eigenvalue weighted by Crippen LogP contribution is 2.27. The lowest BCUT2D eigenvalue weighted by Crippen LogP contribution is -2.51. The highest BCUT2D eigenvalue weighted by atomic mass is 16.5. The summed E-state index contributed by atoms with van der Waals surface area (Å²) >= 11 is 0. The fourth-order valence-corrected chi connectivity index (χ4v) is 3.30. The van der Waals surface area contributed by atoms with Crippen molar-refractivity contribution in [2.75, 3.05) is 33.3 Å². The van der Waals surface area contributed by atoms with E-state index in [1.807, 2.05) is 13.8 Å². The van der Waals surface area contributed by atoms with Crippen LogP contribution in [-0.2, 0) is 0 Å². The van der Waals surface area contributed by atoms with E-state index in [4.69, 9.17) is 4.74 Å². The molecule has 2 heterocycles. The lowest BCUT2D eigenvalue weighted by molar-refractivity contribution is 0.0352. The summed E-state index contributed by atoms with van der Waals surface area (Å²) in [4.78, 5) is 33.1. The van der Waals surface area contributed by atoms with E-state index in [0.717, 1.165) is 6.42 Å². The number of likely N-dealkylation sites (N-methyl/N-ethyl adjacent to an activating group) is 1. The molecule has 1 aliphatic heterocycles. The van der Waals surface area contributed by atoms with Crippen molar-refractivity contribution >= 4 is 11.9 Å². The Morgan fingerprint density at radius 2 is 2.19 bits per heavy atom. The average molecular weight is 447 g/mol. The number of hydrogen-bond acceptors (Lipinski definition) is 6. The number of amides is 3. The van der Waals surface area contributed by atoms with Crippen molar-refractivity contribution in [2.24, 2.45) is 5.92 Å². The number of rotatable bonds is 6. The van der Waals surface area contributed by atoms with Crippen molar-refractivity contribution in [1.82, 2.24) is 20.1 Å². The molecule has 1 aromatic heterocycles. The van der Waals surface area contributed by atoms with Crippen LogP contribution in [0.2, 0.25) is 0 Å². The van der Waals surface area contributed by atoms with Crippen LogP contribution in [0.3, 0.4) is 0 Å². The van der Waals surface area contributed by atoms with E-state index in [-0.39, 0.29) is 35.9 Å². The van der Waals surface area contributed by atoms with Gasteiger partial charge in [-0.15, -0.1) is 0 Å². The molecule has 9 heteroatoms. The zero-order chi connectivity index (χ0) is 23.8. The molecule has 0 aromatic carbocycles. The Hall–Kier alpha value is -2.83. The van der Waals surface area contributed by atoms with Crippen LogP contribution in [0.15, 0.2) is 12.3 Å². The molecule has 0 aliphatic carbocycles. The number of carbonyl (C=O) groups is 2. The molecule has 0 fully saturated rings. The quantitative estimate of drug-likeness (QED) is 0.564. The van der Waals surface area contributed by atoms with E-state index in [0.29, 0.717) is 25.2 Å². The lowest BCUT2D eigenvalue weighted by Gasteiger charge is -2.37. The van der Waals surface area contributed by atoms with Crippen molar-refractivity contribution in [3.8, 4) is 17.7 Å². The number of aromatic nitrogens is 1. The average Bonchev–Trinajstić information content (AvgIpc) is 2.77. The van der Waals surface area contributed by atoms with Crippen molar-refractivity contribution in [1.29, 1.82) is 0 Å². The molecule has 1 aliphatic rings. The molecule has 32 heavy (non-hydrogen) atoms. The van der Waals surface area contributed by atoms with Gasteiger partial charge in [0.25, 0.3) is 5.91 Å². The number of aliphatic hydroxyl groups is 2. The summed E-state index contributed by atoms with van der Waals surface area (Å²) in [5, 5.41) is 22.0. The fourth-order valence-electron chi connectivity index (χ4n) is 3.30. The summed E-state index contributed by atoms with van der Waals surface area (Å²) in [7, 11) is 1.70. The summed E-state index contributed by atoms with van der Waals surface area (Å²) in [6.07, 6.45) is 1.09. The minimum Gasteiger partial charge on any atom is -0.472 e. The smallest absolute Gasteiger partial charge is 0.317 e.